The van der Waals surface area contributed by atoms with Crippen molar-refractivity contribution in [3.8, 4) is 0 Å². The van der Waals surface area contributed by atoms with E-state index in [2.05, 4.69) is 56.9 Å². The largest absolute Gasteiger partial charge is 0.305 e. The van der Waals surface area contributed by atoms with Crippen molar-refractivity contribution in [2.45, 2.75) is 19.8 Å². The molecule has 0 unspecified atom stereocenters. The molecule has 4 heteroatoms. The Bertz CT molecular complexity index is 474. The fourth-order valence-electron chi connectivity index (χ4n) is 1.32. The molecular weight excluding hydrogens is 308 g/mol. The van der Waals surface area contributed by atoms with Crippen LogP contribution in [0.5, 0.6) is 0 Å². The van der Waals surface area contributed by atoms with Gasteiger partial charge in [-0.3, -0.25) is 0 Å². The highest BCUT2D eigenvalue weighted by Crippen LogP contribution is 2.24. The van der Waals surface area contributed by atoms with Gasteiger partial charge in [0.05, 0.1) is 10.2 Å². The molecule has 0 aliphatic carbocycles. The second-order valence-corrected chi connectivity index (χ2v) is 5.33. The van der Waals surface area contributed by atoms with Crippen molar-refractivity contribution >= 4 is 37.5 Å². The van der Waals surface area contributed by atoms with Gasteiger partial charge in [-0.05, 0) is 43.8 Å². The van der Waals surface area contributed by atoms with Crippen LogP contribution in [-0.2, 0) is 0 Å². The maximum atomic E-state index is 4.55. The number of fused-ring (bicyclic) bond motifs is 1. The van der Waals surface area contributed by atoms with Crippen molar-refractivity contribution in [1.29, 1.82) is 0 Å². The van der Waals surface area contributed by atoms with E-state index in [0.29, 0.717) is 5.92 Å². The minimum absolute atomic E-state index is 0.459. The number of nitrogens with zero attached hydrogens (tertiary/aromatic N) is 2. The fourth-order valence-corrected chi connectivity index (χ4v) is 2.62. The molecule has 0 aromatic carbocycles. The summed E-state index contributed by atoms with van der Waals surface area (Å²) < 4.78 is 4.09. The predicted octanol–water partition coefficient (Wildman–Crippen LogP) is 3.98. The second kappa shape index (κ2) is 3.66. The zero-order valence-electron chi connectivity index (χ0n) is 7.96. The number of hydrogen-bond donors (Lipinski definition) is 0. The monoisotopic (exact) mass is 316 g/mol. The van der Waals surface area contributed by atoms with Gasteiger partial charge in [0.15, 0.2) is 5.65 Å². The summed E-state index contributed by atoms with van der Waals surface area (Å²) in [6.07, 6.45) is 4.08. The lowest BCUT2D eigenvalue weighted by Crippen LogP contribution is -1.84. The molecule has 0 bridgehead atoms. The van der Waals surface area contributed by atoms with Crippen molar-refractivity contribution < 1.29 is 0 Å². The average Bonchev–Trinajstić information content (AvgIpc) is 2.47. The molecular formula is C10H10Br2N2. The smallest absolute Gasteiger partial charge is 0.151 e. The average molecular weight is 318 g/mol. The van der Waals surface area contributed by atoms with Crippen LogP contribution in [0.25, 0.3) is 5.65 Å². The van der Waals surface area contributed by atoms with Crippen LogP contribution in [0.1, 0.15) is 25.5 Å². The quantitative estimate of drug-likeness (QED) is 0.777. The first-order valence-electron chi connectivity index (χ1n) is 4.41. The van der Waals surface area contributed by atoms with Gasteiger partial charge in [-0.1, -0.05) is 13.8 Å². The van der Waals surface area contributed by atoms with E-state index in [9.17, 15) is 0 Å². The summed E-state index contributed by atoms with van der Waals surface area (Å²) >= 11 is 6.95. The third-order valence-electron chi connectivity index (χ3n) is 2.08. The number of pyridine rings is 1. The van der Waals surface area contributed by atoms with Crippen LogP contribution in [0, 0.1) is 0 Å². The molecule has 2 nitrogen and oxygen atoms in total. The molecule has 0 aliphatic rings. The highest BCUT2D eigenvalue weighted by molar-refractivity contribution is 9.11. The maximum absolute atomic E-state index is 4.55. The number of hydrogen-bond acceptors (Lipinski definition) is 1. The van der Waals surface area contributed by atoms with E-state index in [1.54, 1.807) is 0 Å². The molecule has 2 aromatic rings. The zero-order valence-corrected chi connectivity index (χ0v) is 11.1. The number of aromatic nitrogens is 2. The lowest BCUT2D eigenvalue weighted by atomic mass is 10.2. The second-order valence-electron chi connectivity index (χ2n) is 3.56. The highest BCUT2D eigenvalue weighted by atomic mass is 79.9. The topological polar surface area (TPSA) is 17.3 Å². The van der Waals surface area contributed by atoms with E-state index >= 15 is 0 Å². The van der Waals surface area contributed by atoms with Crippen LogP contribution >= 0.6 is 31.9 Å². The van der Waals surface area contributed by atoms with Crippen LogP contribution in [0.4, 0.5) is 0 Å². The summed E-state index contributed by atoms with van der Waals surface area (Å²) in [5.41, 5.74) is 2.08. The zero-order chi connectivity index (χ0) is 10.3. The minimum atomic E-state index is 0.459. The molecule has 0 radical (unpaired) electrons. The molecule has 2 heterocycles. The molecule has 0 spiro atoms. The Morgan fingerprint density at radius 3 is 2.64 bits per heavy atom. The molecule has 0 amide bonds. The van der Waals surface area contributed by atoms with E-state index in [-0.39, 0.29) is 0 Å². The normalized spacial score (nSPS) is 11.5. The SMILES string of the molecule is CC(C)c1cn2cc(Br)cc(Br)c2n1. The van der Waals surface area contributed by atoms with Crippen LogP contribution in [0.3, 0.4) is 0 Å². The van der Waals surface area contributed by atoms with Crippen LogP contribution in [-0.4, -0.2) is 9.38 Å². The summed E-state index contributed by atoms with van der Waals surface area (Å²) in [5.74, 6) is 0.459. The van der Waals surface area contributed by atoms with E-state index in [1.807, 2.05) is 16.7 Å². The van der Waals surface area contributed by atoms with Crippen molar-refractivity contribution in [3.05, 3.63) is 33.1 Å². The third kappa shape index (κ3) is 1.73. The number of halogens is 2. The molecule has 0 atom stereocenters. The van der Waals surface area contributed by atoms with E-state index in [0.717, 1.165) is 20.3 Å². The van der Waals surface area contributed by atoms with Crippen molar-refractivity contribution in [3.63, 3.8) is 0 Å². The van der Waals surface area contributed by atoms with Crippen LogP contribution < -0.4 is 0 Å². The minimum Gasteiger partial charge on any atom is -0.305 e. The van der Waals surface area contributed by atoms with Gasteiger partial charge in [-0.25, -0.2) is 4.98 Å². The molecule has 0 aliphatic heterocycles. The van der Waals surface area contributed by atoms with Gasteiger partial charge in [0.2, 0.25) is 0 Å². The Morgan fingerprint density at radius 2 is 2.00 bits per heavy atom. The summed E-state index contributed by atoms with van der Waals surface area (Å²) in [5, 5.41) is 0. The van der Waals surface area contributed by atoms with Gasteiger partial charge >= 0.3 is 0 Å². The standard InChI is InChI=1S/C10H10Br2N2/c1-6(2)9-5-14-4-7(11)3-8(12)10(14)13-9/h3-6H,1-2H3. The van der Waals surface area contributed by atoms with E-state index in [4.69, 9.17) is 0 Å². The Labute approximate surface area is 99.6 Å². The fraction of sp³-hybridized carbons (Fsp3) is 0.300. The number of rotatable bonds is 1. The van der Waals surface area contributed by atoms with Gasteiger partial charge in [0.1, 0.15) is 0 Å². The van der Waals surface area contributed by atoms with Crippen molar-refractivity contribution in [1.82, 2.24) is 9.38 Å². The van der Waals surface area contributed by atoms with Gasteiger partial charge in [-0.2, -0.15) is 0 Å². The molecule has 2 aromatic heterocycles. The van der Waals surface area contributed by atoms with E-state index in [1.165, 1.54) is 0 Å². The van der Waals surface area contributed by atoms with Crippen LogP contribution in [0.2, 0.25) is 0 Å². The van der Waals surface area contributed by atoms with Gasteiger partial charge in [0, 0.05) is 16.9 Å². The third-order valence-corrected chi connectivity index (χ3v) is 3.10. The van der Waals surface area contributed by atoms with Gasteiger partial charge in [0.25, 0.3) is 0 Å². The lowest BCUT2D eigenvalue weighted by molar-refractivity contribution is 0.834. The van der Waals surface area contributed by atoms with Crippen molar-refractivity contribution in [2.24, 2.45) is 0 Å². The first-order chi connectivity index (χ1) is 6.58. The summed E-state index contributed by atoms with van der Waals surface area (Å²) in [4.78, 5) is 4.55. The Kier molecular flexibility index (Phi) is 2.66. The summed E-state index contributed by atoms with van der Waals surface area (Å²) in [6, 6.07) is 2.01. The first-order valence-corrected chi connectivity index (χ1v) is 6.00. The molecule has 0 fully saturated rings. The van der Waals surface area contributed by atoms with Gasteiger partial charge < -0.3 is 4.40 Å². The Morgan fingerprint density at radius 1 is 1.29 bits per heavy atom. The van der Waals surface area contributed by atoms with Gasteiger partial charge in [-0.15, -0.1) is 0 Å². The first kappa shape index (κ1) is 10.2. The molecule has 14 heavy (non-hydrogen) atoms. The Hall–Kier alpha value is -0.350. The predicted molar refractivity (Wildman–Crippen MR) is 64.7 cm³/mol. The molecule has 74 valence electrons. The molecule has 0 saturated heterocycles. The summed E-state index contributed by atoms with van der Waals surface area (Å²) in [6.45, 7) is 4.29. The molecule has 0 saturated carbocycles. The lowest BCUT2D eigenvalue weighted by Gasteiger charge is -1.96. The van der Waals surface area contributed by atoms with Crippen molar-refractivity contribution in [2.75, 3.05) is 0 Å². The van der Waals surface area contributed by atoms with Crippen LogP contribution in [0.15, 0.2) is 27.4 Å². The number of imidazole rings is 1. The molecule has 2 rings (SSSR count). The van der Waals surface area contributed by atoms with E-state index < -0.39 is 0 Å². The maximum Gasteiger partial charge on any atom is 0.151 e. The highest BCUT2D eigenvalue weighted by Gasteiger charge is 2.08. The molecule has 0 N–H and O–H groups in total. The Balaban J connectivity index is 2.70. The summed E-state index contributed by atoms with van der Waals surface area (Å²) in [7, 11) is 0.